The molecule has 0 atom stereocenters. The Kier molecular flexibility index (Phi) is 4.64. The Morgan fingerprint density at radius 1 is 1.50 bits per heavy atom. The number of alkyl halides is 3. The van der Waals surface area contributed by atoms with Gasteiger partial charge in [-0.15, -0.1) is 11.3 Å². The van der Waals surface area contributed by atoms with Crippen LogP contribution < -0.4 is 5.32 Å². The number of nitrogens with one attached hydrogen (secondary N) is 1. The maximum Gasteiger partial charge on any atom is 0.434 e. The lowest BCUT2D eigenvalue weighted by Gasteiger charge is -2.26. The van der Waals surface area contributed by atoms with Gasteiger partial charge in [-0.1, -0.05) is 0 Å². The van der Waals surface area contributed by atoms with Gasteiger partial charge in [0.15, 0.2) is 5.69 Å². The lowest BCUT2D eigenvalue weighted by molar-refractivity contribution is -0.140. The minimum Gasteiger partial charge on any atom is -0.339 e. The highest BCUT2D eigenvalue weighted by atomic mass is 32.1. The van der Waals surface area contributed by atoms with E-state index in [1.54, 1.807) is 7.05 Å². The van der Waals surface area contributed by atoms with Crippen LogP contribution in [-0.2, 0) is 17.5 Å². The van der Waals surface area contributed by atoms with E-state index in [-0.39, 0.29) is 18.4 Å². The summed E-state index contributed by atoms with van der Waals surface area (Å²) in [6, 6.07) is 0. The van der Waals surface area contributed by atoms with Gasteiger partial charge in [-0.25, -0.2) is 4.98 Å². The first-order valence-corrected chi connectivity index (χ1v) is 7.23. The molecular weight excluding hydrogens is 291 g/mol. The molecule has 1 aliphatic heterocycles. The number of thiazole rings is 1. The number of piperidine rings is 1. The van der Waals surface area contributed by atoms with Crippen LogP contribution in [0.15, 0.2) is 5.38 Å². The number of aromatic nitrogens is 1. The van der Waals surface area contributed by atoms with E-state index in [1.807, 2.05) is 0 Å². The summed E-state index contributed by atoms with van der Waals surface area (Å²) >= 11 is 0.931. The Labute approximate surface area is 119 Å². The van der Waals surface area contributed by atoms with Crippen molar-refractivity contribution in [1.82, 2.24) is 15.2 Å². The number of hydrogen-bond donors (Lipinski definition) is 1. The molecule has 1 saturated heterocycles. The smallest absolute Gasteiger partial charge is 0.339 e. The summed E-state index contributed by atoms with van der Waals surface area (Å²) in [6.07, 6.45) is -2.88. The number of amides is 1. The maximum atomic E-state index is 12.4. The van der Waals surface area contributed by atoms with Gasteiger partial charge in [-0.2, -0.15) is 13.2 Å². The van der Waals surface area contributed by atoms with Gasteiger partial charge in [0.1, 0.15) is 5.01 Å². The number of halogens is 3. The van der Waals surface area contributed by atoms with Crippen LogP contribution >= 0.6 is 11.3 Å². The second kappa shape index (κ2) is 6.09. The average molecular weight is 307 g/mol. The fraction of sp³-hybridized carbons (Fsp3) is 0.667. The molecule has 2 heterocycles. The molecule has 0 aromatic carbocycles. The van der Waals surface area contributed by atoms with Gasteiger partial charge in [0.2, 0.25) is 5.91 Å². The molecule has 1 aliphatic rings. The third-order valence-electron chi connectivity index (χ3n) is 3.28. The zero-order chi connectivity index (χ0) is 14.8. The van der Waals surface area contributed by atoms with Crippen molar-refractivity contribution in [2.45, 2.75) is 25.6 Å². The molecule has 112 valence electrons. The highest BCUT2D eigenvalue weighted by Crippen LogP contribution is 2.30. The lowest BCUT2D eigenvalue weighted by Crippen LogP contribution is -2.38. The van der Waals surface area contributed by atoms with Crippen LogP contribution in [0.5, 0.6) is 0 Å². The molecule has 1 aromatic rings. The molecule has 2 rings (SSSR count). The predicted octanol–water partition coefficient (Wildman–Crippen LogP) is 2.12. The number of rotatable bonds is 3. The Morgan fingerprint density at radius 3 is 2.70 bits per heavy atom. The van der Waals surface area contributed by atoms with E-state index >= 15 is 0 Å². The fourth-order valence-corrected chi connectivity index (χ4v) is 3.03. The second-order valence-corrected chi connectivity index (χ2v) is 5.79. The SMILES string of the molecule is CN(Cc1nc(C(F)(F)F)cs1)C(=O)C1CCNCC1. The normalized spacial score (nSPS) is 17.2. The van der Waals surface area contributed by atoms with Crippen molar-refractivity contribution in [3.8, 4) is 0 Å². The summed E-state index contributed by atoms with van der Waals surface area (Å²) in [5.41, 5.74) is -0.889. The zero-order valence-electron chi connectivity index (χ0n) is 11.0. The van der Waals surface area contributed by atoms with Gasteiger partial charge in [0, 0.05) is 18.3 Å². The number of carbonyl (C=O) groups excluding carboxylic acids is 1. The Hall–Kier alpha value is -1.15. The Morgan fingerprint density at radius 2 is 2.15 bits per heavy atom. The van der Waals surface area contributed by atoms with Crippen molar-refractivity contribution in [2.75, 3.05) is 20.1 Å². The summed E-state index contributed by atoms with van der Waals surface area (Å²) in [4.78, 5) is 17.2. The summed E-state index contributed by atoms with van der Waals surface area (Å²) < 4.78 is 37.3. The molecule has 1 aromatic heterocycles. The Bertz CT molecular complexity index is 469. The fourth-order valence-electron chi connectivity index (χ4n) is 2.18. The van der Waals surface area contributed by atoms with Crippen molar-refractivity contribution in [1.29, 1.82) is 0 Å². The molecule has 0 bridgehead atoms. The van der Waals surface area contributed by atoms with Crippen molar-refractivity contribution in [3.63, 3.8) is 0 Å². The standard InChI is InChI=1S/C12H16F3N3OS/c1-18(11(19)8-2-4-16-5-3-8)6-10-17-9(7-20-10)12(13,14)15/h7-8,16H,2-6H2,1H3. The van der Waals surface area contributed by atoms with Crippen molar-refractivity contribution in [2.24, 2.45) is 5.92 Å². The lowest BCUT2D eigenvalue weighted by atomic mass is 9.97. The molecule has 0 spiro atoms. The molecule has 1 N–H and O–H groups in total. The molecule has 1 amide bonds. The van der Waals surface area contributed by atoms with Crippen LogP contribution in [0.1, 0.15) is 23.5 Å². The van der Waals surface area contributed by atoms with Crippen LogP contribution in [0, 0.1) is 5.92 Å². The van der Waals surface area contributed by atoms with Gasteiger partial charge in [-0.05, 0) is 25.9 Å². The maximum absolute atomic E-state index is 12.4. The Balaban J connectivity index is 1.95. The molecule has 0 aliphatic carbocycles. The quantitative estimate of drug-likeness (QED) is 0.930. The van der Waals surface area contributed by atoms with Gasteiger partial charge in [0.05, 0.1) is 6.54 Å². The van der Waals surface area contributed by atoms with Crippen molar-refractivity contribution in [3.05, 3.63) is 16.1 Å². The number of carbonyl (C=O) groups is 1. The summed E-state index contributed by atoms with van der Waals surface area (Å²) in [6.45, 7) is 1.74. The van der Waals surface area contributed by atoms with Crippen LogP contribution in [0.3, 0.4) is 0 Å². The van der Waals surface area contributed by atoms with Crippen LogP contribution in [-0.4, -0.2) is 35.9 Å². The monoisotopic (exact) mass is 307 g/mol. The topological polar surface area (TPSA) is 45.2 Å². The van der Waals surface area contributed by atoms with Gasteiger partial charge < -0.3 is 10.2 Å². The minimum absolute atomic E-state index is 0.0183. The molecule has 8 heteroatoms. The summed E-state index contributed by atoms with van der Waals surface area (Å²) in [5.74, 6) is -0.0569. The van der Waals surface area contributed by atoms with E-state index in [0.717, 1.165) is 42.6 Å². The van der Waals surface area contributed by atoms with E-state index in [9.17, 15) is 18.0 Å². The largest absolute Gasteiger partial charge is 0.434 e. The van der Waals surface area contributed by atoms with E-state index in [4.69, 9.17) is 0 Å². The number of hydrogen-bond acceptors (Lipinski definition) is 4. The molecule has 4 nitrogen and oxygen atoms in total. The molecule has 1 fully saturated rings. The third-order valence-corrected chi connectivity index (χ3v) is 4.11. The molecular formula is C12H16F3N3OS. The van der Waals surface area contributed by atoms with E-state index in [2.05, 4.69) is 10.3 Å². The van der Waals surface area contributed by atoms with Gasteiger partial charge in [0.25, 0.3) is 0 Å². The minimum atomic E-state index is -4.42. The number of nitrogens with zero attached hydrogens (tertiary/aromatic N) is 2. The molecule has 0 unspecified atom stereocenters. The van der Waals surface area contributed by atoms with E-state index in [0.29, 0.717) is 5.01 Å². The second-order valence-electron chi connectivity index (χ2n) is 4.84. The first kappa shape index (κ1) is 15.2. The van der Waals surface area contributed by atoms with E-state index in [1.165, 1.54) is 4.90 Å². The van der Waals surface area contributed by atoms with Crippen LogP contribution in [0.4, 0.5) is 13.2 Å². The molecule has 0 saturated carbocycles. The van der Waals surface area contributed by atoms with Crippen molar-refractivity contribution < 1.29 is 18.0 Å². The van der Waals surface area contributed by atoms with Crippen LogP contribution in [0.2, 0.25) is 0 Å². The van der Waals surface area contributed by atoms with Gasteiger partial charge >= 0.3 is 6.18 Å². The molecule has 20 heavy (non-hydrogen) atoms. The summed E-state index contributed by atoms with van der Waals surface area (Å²) in [5, 5.41) is 4.46. The third kappa shape index (κ3) is 3.69. The van der Waals surface area contributed by atoms with Gasteiger partial charge in [-0.3, -0.25) is 4.79 Å². The summed E-state index contributed by atoms with van der Waals surface area (Å²) in [7, 11) is 1.61. The highest BCUT2D eigenvalue weighted by Gasteiger charge is 2.34. The zero-order valence-corrected chi connectivity index (χ0v) is 11.9. The first-order chi connectivity index (χ1) is 9.38. The molecule has 0 radical (unpaired) electrons. The van der Waals surface area contributed by atoms with E-state index < -0.39 is 11.9 Å². The highest BCUT2D eigenvalue weighted by molar-refractivity contribution is 7.09. The van der Waals surface area contributed by atoms with Crippen LogP contribution in [0.25, 0.3) is 0 Å². The predicted molar refractivity (Wildman–Crippen MR) is 69.2 cm³/mol. The average Bonchev–Trinajstić information content (AvgIpc) is 2.87. The van der Waals surface area contributed by atoms with Crippen molar-refractivity contribution >= 4 is 17.2 Å². The first-order valence-electron chi connectivity index (χ1n) is 6.35.